The zero-order valence-corrected chi connectivity index (χ0v) is 47.2. The molecule has 0 saturated heterocycles. The number of esters is 3. The van der Waals surface area contributed by atoms with Gasteiger partial charge in [-0.15, -0.1) is 0 Å². The zero-order valence-electron chi connectivity index (χ0n) is 47.2. The van der Waals surface area contributed by atoms with Gasteiger partial charge in [-0.1, -0.05) is 248 Å². The maximum atomic E-state index is 12.9. The normalized spacial score (nSPS) is 12.4. The molecule has 0 aliphatic carbocycles. The van der Waals surface area contributed by atoms with Crippen LogP contribution in [-0.4, -0.2) is 37.2 Å². The number of rotatable bonds is 56. The number of carbonyl (C=O) groups is 3. The monoisotopic (exact) mass is 993 g/mol. The van der Waals surface area contributed by atoms with Crippen LogP contribution in [0.25, 0.3) is 0 Å². The molecule has 0 aromatic rings. The van der Waals surface area contributed by atoms with Crippen molar-refractivity contribution in [2.45, 2.75) is 322 Å². The molecule has 0 unspecified atom stereocenters. The van der Waals surface area contributed by atoms with E-state index in [2.05, 4.69) is 81.5 Å². The lowest BCUT2D eigenvalue weighted by molar-refractivity contribution is -0.167. The highest BCUT2D eigenvalue weighted by molar-refractivity contribution is 5.71. The second kappa shape index (κ2) is 59.7. The molecule has 0 spiro atoms. The van der Waals surface area contributed by atoms with E-state index in [0.29, 0.717) is 19.3 Å². The van der Waals surface area contributed by atoms with Gasteiger partial charge in [-0.25, -0.2) is 0 Å². The van der Waals surface area contributed by atoms with E-state index >= 15 is 0 Å². The first-order valence-electron chi connectivity index (χ1n) is 30.8. The highest BCUT2D eigenvalue weighted by Gasteiger charge is 2.19. The average Bonchev–Trinajstić information content (AvgIpc) is 3.37. The third kappa shape index (κ3) is 57.9. The molecule has 0 aliphatic heterocycles. The van der Waals surface area contributed by atoms with Crippen LogP contribution >= 0.6 is 0 Å². The van der Waals surface area contributed by atoms with Gasteiger partial charge < -0.3 is 14.2 Å². The largest absolute Gasteiger partial charge is 0.462 e. The summed E-state index contributed by atoms with van der Waals surface area (Å²) in [4.78, 5) is 38.3. The lowest BCUT2D eigenvalue weighted by atomic mass is 10.1. The van der Waals surface area contributed by atoms with Gasteiger partial charge in [0, 0.05) is 19.3 Å². The minimum Gasteiger partial charge on any atom is -0.462 e. The first kappa shape index (κ1) is 68.1. The molecule has 6 nitrogen and oxygen atoms in total. The molecule has 0 aliphatic rings. The minimum atomic E-state index is -0.780. The maximum absolute atomic E-state index is 12.9. The van der Waals surface area contributed by atoms with Crippen LogP contribution in [0.1, 0.15) is 316 Å². The van der Waals surface area contributed by atoms with E-state index in [1.807, 2.05) is 0 Å². The number of ether oxygens (including phenoxy) is 3. The molecule has 0 aromatic heterocycles. The Hall–Kier alpha value is -2.89. The topological polar surface area (TPSA) is 78.9 Å². The van der Waals surface area contributed by atoms with E-state index in [0.717, 1.165) is 70.6 Å². The lowest BCUT2D eigenvalue weighted by Gasteiger charge is -2.18. The minimum absolute atomic E-state index is 0.0780. The second-order valence-corrected chi connectivity index (χ2v) is 20.6. The van der Waals surface area contributed by atoms with Crippen molar-refractivity contribution in [1.82, 2.24) is 0 Å². The fraction of sp³-hybridized carbons (Fsp3) is 0.800. The van der Waals surface area contributed by atoms with Gasteiger partial charge in [0.2, 0.25) is 0 Å². The summed E-state index contributed by atoms with van der Waals surface area (Å²) in [6.07, 6.45) is 74.9. The van der Waals surface area contributed by atoms with Crippen LogP contribution in [0, 0.1) is 0 Å². The fourth-order valence-electron chi connectivity index (χ4n) is 8.79. The molecule has 412 valence electrons. The van der Waals surface area contributed by atoms with Crippen LogP contribution in [0.4, 0.5) is 0 Å². The van der Waals surface area contributed by atoms with E-state index in [1.165, 1.54) is 205 Å². The number of carbonyl (C=O) groups excluding carboxylic acids is 3. The van der Waals surface area contributed by atoms with Gasteiger partial charge in [0.05, 0.1) is 0 Å². The van der Waals surface area contributed by atoms with Crippen molar-refractivity contribution in [2.24, 2.45) is 0 Å². The molecule has 0 radical (unpaired) electrons. The van der Waals surface area contributed by atoms with E-state index in [9.17, 15) is 14.4 Å². The summed E-state index contributed by atoms with van der Waals surface area (Å²) in [6, 6.07) is 0. The van der Waals surface area contributed by atoms with Crippen LogP contribution in [0.2, 0.25) is 0 Å². The Labute approximate surface area is 440 Å². The highest BCUT2D eigenvalue weighted by atomic mass is 16.6. The van der Waals surface area contributed by atoms with Gasteiger partial charge in [0.1, 0.15) is 13.2 Å². The van der Waals surface area contributed by atoms with Crippen molar-refractivity contribution in [2.75, 3.05) is 13.2 Å². The van der Waals surface area contributed by atoms with Gasteiger partial charge in [-0.05, 0) is 109 Å². The molecular formula is C65H116O6. The Kier molecular flexibility index (Phi) is 57.2. The van der Waals surface area contributed by atoms with E-state index in [4.69, 9.17) is 14.2 Å². The molecule has 0 heterocycles. The molecule has 0 aromatic carbocycles. The molecule has 0 bridgehead atoms. The van der Waals surface area contributed by atoms with Crippen LogP contribution in [0.5, 0.6) is 0 Å². The molecule has 6 heteroatoms. The molecule has 71 heavy (non-hydrogen) atoms. The average molecular weight is 994 g/mol. The lowest BCUT2D eigenvalue weighted by Crippen LogP contribution is -2.30. The quantitative estimate of drug-likeness (QED) is 0.0261. The van der Waals surface area contributed by atoms with Crippen molar-refractivity contribution in [3.8, 4) is 0 Å². The van der Waals surface area contributed by atoms with Crippen LogP contribution in [0.3, 0.4) is 0 Å². The number of allylic oxidation sites excluding steroid dienone is 10. The van der Waals surface area contributed by atoms with Crippen molar-refractivity contribution in [3.05, 3.63) is 60.8 Å². The molecule has 1 atom stereocenters. The van der Waals surface area contributed by atoms with Crippen molar-refractivity contribution >= 4 is 17.9 Å². The predicted molar refractivity (Wildman–Crippen MR) is 307 cm³/mol. The zero-order chi connectivity index (χ0) is 51.4. The van der Waals surface area contributed by atoms with Gasteiger partial charge in [0.25, 0.3) is 0 Å². The summed E-state index contributed by atoms with van der Waals surface area (Å²) in [5.41, 5.74) is 0. The number of unbranched alkanes of at least 4 members (excludes halogenated alkanes) is 35. The summed E-state index contributed by atoms with van der Waals surface area (Å²) in [5, 5.41) is 0. The SMILES string of the molecule is CCCCC/C=C/C/C=C/CCCCCCCCCCCC(=O)OC[C@@H](COC(=O)CCCCCCCCC/C=C/CCCCCC)OC(=O)CCCCCCCCCCC/C=C/C/C=C/CCCCC. The van der Waals surface area contributed by atoms with Crippen LogP contribution < -0.4 is 0 Å². The molecule has 0 saturated carbocycles. The Bertz CT molecular complexity index is 1280. The van der Waals surface area contributed by atoms with E-state index < -0.39 is 6.10 Å². The van der Waals surface area contributed by atoms with E-state index in [1.54, 1.807) is 0 Å². The summed E-state index contributed by atoms with van der Waals surface area (Å²) >= 11 is 0. The third-order valence-electron chi connectivity index (χ3n) is 13.5. The van der Waals surface area contributed by atoms with Gasteiger partial charge in [-0.3, -0.25) is 14.4 Å². The summed E-state index contributed by atoms with van der Waals surface area (Å²) in [6.45, 7) is 6.60. The smallest absolute Gasteiger partial charge is 0.306 e. The summed E-state index contributed by atoms with van der Waals surface area (Å²) in [5.74, 6) is -0.876. The first-order chi connectivity index (χ1) is 35.0. The first-order valence-corrected chi connectivity index (χ1v) is 30.8. The van der Waals surface area contributed by atoms with Crippen molar-refractivity contribution < 1.29 is 28.6 Å². The Morgan fingerprint density at radius 2 is 0.507 bits per heavy atom. The number of hydrogen-bond donors (Lipinski definition) is 0. The third-order valence-corrected chi connectivity index (χ3v) is 13.5. The molecule has 0 amide bonds. The highest BCUT2D eigenvalue weighted by Crippen LogP contribution is 2.16. The van der Waals surface area contributed by atoms with E-state index in [-0.39, 0.29) is 31.1 Å². The van der Waals surface area contributed by atoms with Crippen molar-refractivity contribution in [3.63, 3.8) is 0 Å². The Morgan fingerprint density at radius 3 is 0.817 bits per heavy atom. The van der Waals surface area contributed by atoms with Crippen LogP contribution in [-0.2, 0) is 28.6 Å². The number of hydrogen-bond acceptors (Lipinski definition) is 6. The predicted octanol–water partition coefficient (Wildman–Crippen LogP) is 20.8. The Morgan fingerprint density at radius 1 is 0.282 bits per heavy atom. The van der Waals surface area contributed by atoms with Crippen molar-refractivity contribution in [1.29, 1.82) is 0 Å². The summed E-state index contributed by atoms with van der Waals surface area (Å²) < 4.78 is 16.9. The molecule has 0 rings (SSSR count). The molecule has 0 N–H and O–H groups in total. The summed E-state index contributed by atoms with van der Waals surface area (Å²) in [7, 11) is 0. The maximum Gasteiger partial charge on any atom is 0.306 e. The van der Waals surface area contributed by atoms with Crippen LogP contribution in [0.15, 0.2) is 60.8 Å². The Balaban J connectivity index is 4.37. The van der Waals surface area contributed by atoms with Gasteiger partial charge >= 0.3 is 17.9 Å². The fourth-order valence-corrected chi connectivity index (χ4v) is 8.79. The second-order valence-electron chi connectivity index (χ2n) is 20.6. The molecular weight excluding hydrogens is 877 g/mol. The standard InChI is InChI=1S/C65H116O6/c1-4-7-10-13-16-19-22-25-28-30-32-34-37-40-43-46-49-52-55-58-64(67)70-61-62(60-69-63(66)57-54-51-48-45-42-39-36-27-24-21-18-15-12-9-6-3)71-65(68)59-56-53-50-47-44-41-38-35-33-31-29-26-23-20-17-14-11-8-5-2/h16-17,19-21,24-26,28-29,62H,4-15,18,22-23,27,30-61H2,1-3H3/b19-16+,20-17+,24-21+,28-25+,29-26+/t62-/m1/s1. The molecule has 0 fully saturated rings. The van der Waals surface area contributed by atoms with Gasteiger partial charge in [-0.2, -0.15) is 0 Å². The van der Waals surface area contributed by atoms with Gasteiger partial charge in [0.15, 0.2) is 6.10 Å².